The van der Waals surface area contributed by atoms with E-state index < -0.39 is 6.04 Å². The van der Waals surface area contributed by atoms with Gasteiger partial charge in [0.15, 0.2) is 11.5 Å². The SMILES string of the molecule is CC[C@@H](C(=O)NC(C)C)N(Cc1ccc(Cl)cc1Cl)C(=O)CCc1ccc(OC)c(OC)c1. The first-order valence-corrected chi connectivity index (χ1v) is 11.7. The number of carbonyl (C=O) groups is 2. The van der Waals surface area contributed by atoms with E-state index in [4.69, 9.17) is 32.7 Å². The van der Waals surface area contributed by atoms with Gasteiger partial charge in [-0.25, -0.2) is 0 Å². The fraction of sp³-hybridized carbons (Fsp3) is 0.440. The van der Waals surface area contributed by atoms with Crippen LogP contribution in [0.4, 0.5) is 0 Å². The summed E-state index contributed by atoms with van der Waals surface area (Å²) < 4.78 is 10.6. The predicted octanol–water partition coefficient (Wildman–Crippen LogP) is 5.28. The van der Waals surface area contributed by atoms with E-state index in [2.05, 4.69) is 5.32 Å². The average Bonchev–Trinajstić information content (AvgIpc) is 2.77. The number of carbonyl (C=O) groups excluding carboxylic acids is 2. The van der Waals surface area contributed by atoms with Crippen molar-refractivity contribution in [3.63, 3.8) is 0 Å². The van der Waals surface area contributed by atoms with Crippen LogP contribution in [-0.2, 0) is 22.6 Å². The summed E-state index contributed by atoms with van der Waals surface area (Å²) in [4.78, 5) is 27.9. The van der Waals surface area contributed by atoms with Gasteiger partial charge < -0.3 is 19.7 Å². The summed E-state index contributed by atoms with van der Waals surface area (Å²) in [7, 11) is 3.15. The van der Waals surface area contributed by atoms with Crippen molar-refractivity contribution < 1.29 is 19.1 Å². The van der Waals surface area contributed by atoms with E-state index in [1.807, 2.05) is 39.0 Å². The number of hydrogen-bond donors (Lipinski definition) is 1. The summed E-state index contributed by atoms with van der Waals surface area (Å²) >= 11 is 12.4. The maximum Gasteiger partial charge on any atom is 0.243 e. The number of nitrogens with zero attached hydrogens (tertiary/aromatic N) is 1. The Morgan fingerprint density at radius 2 is 1.73 bits per heavy atom. The Kier molecular flexibility index (Phi) is 10.3. The third-order valence-corrected chi connectivity index (χ3v) is 5.84. The molecule has 0 saturated carbocycles. The molecule has 0 aliphatic carbocycles. The Bertz CT molecular complexity index is 965. The lowest BCUT2D eigenvalue weighted by atomic mass is 10.1. The highest BCUT2D eigenvalue weighted by Gasteiger charge is 2.29. The number of ether oxygens (including phenoxy) is 2. The van der Waals surface area contributed by atoms with E-state index in [1.54, 1.807) is 37.3 Å². The van der Waals surface area contributed by atoms with E-state index >= 15 is 0 Å². The molecule has 0 aromatic heterocycles. The van der Waals surface area contributed by atoms with Crippen molar-refractivity contribution in [3.8, 4) is 11.5 Å². The van der Waals surface area contributed by atoms with Crippen LogP contribution < -0.4 is 14.8 Å². The minimum Gasteiger partial charge on any atom is -0.493 e. The lowest BCUT2D eigenvalue weighted by molar-refractivity contribution is -0.141. The number of hydrogen-bond acceptors (Lipinski definition) is 4. The van der Waals surface area contributed by atoms with Gasteiger partial charge in [-0.3, -0.25) is 9.59 Å². The van der Waals surface area contributed by atoms with Crippen molar-refractivity contribution in [1.29, 1.82) is 0 Å². The minimum atomic E-state index is -0.614. The highest BCUT2D eigenvalue weighted by atomic mass is 35.5. The number of amides is 2. The number of rotatable bonds is 11. The fourth-order valence-electron chi connectivity index (χ4n) is 3.56. The Hall–Kier alpha value is -2.44. The summed E-state index contributed by atoms with van der Waals surface area (Å²) in [5.41, 5.74) is 1.67. The van der Waals surface area contributed by atoms with Crippen LogP contribution in [-0.4, -0.2) is 43.0 Å². The summed E-state index contributed by atoms with van der Waals surface area (Å²) in [6, 6.07) is 10.1. The summed E-state index contributed by atoms with van der Waals surface area (Å²) in [6.07, 6.45) is 1.20. The Morgan fingerprint density at radius 3 is 2.30 bits per heavy atom. The summed E-state index contributed by atoms with van der Waals surface area (Å²) in [5, 5.41) is 3.89. The van der Waals surface area contributed by atoms with Crippen LogP contribution in [0.25, 0.3) is 0 Å². The van der Waals surface area contributed by atoms with Crippen molar-refractivity contribution in [1.82, 2.24) is 10.2 Å². The molecular weight excluding hydrogens is 463 g/mol. The number of benzene rings is 2. The second-order valence-corrected chi connectivity index (χ2v) is 8.88. The normalized spacial score (nSPS) is 11.8. The molecule has 180 valence electrons. The molecule has 1 N–H and O–H groups in total. The second kappa shape index (κ2) is 12.7. The van der Waals surface area contributed by atoms with Gasteiger partial charge in [0, 0.05) is 29.1 Å². The monoisotopic (exact) mass is 494 g/mol. The van der Waals surface area contributed by atoms with Gasteiger partial charge in [0.05, 0.1) is 14.2 Å². The molecule has 2 aromatic rings. The van der Waals surface area contributed by atoms with E-state index in [-0.39, 0.29) is 30.8 Å². The van der Waals surface area contributed by atoms with Crippen LogP contribution in [0.15, 0.2) is 36.4 Å². The van der Waals surface area contributed by atoms with Crippen LogP contribution in [0.3, 0.4) is 0 Å². The lowest BCUT2D eigenvalue weighted by Crippen LogP contribution is -2.50. The molecule has 0 unspecified atom stereocenters. The molecule has 2 aromatic carbocycles. The smallest absolute Gasteiger partial charge is 0.243 e. The molecule has 2 rings (SSSR count). The van der Waals surface area contributed by atoms with Crippen LogP contribution in [0, 0.1) is 0 Å². The van der Waals surface area contributed by atoms with Crippen LogP contribution in [0.5, 0.6) is 11.5 Å². The Morgan fingerprint density at radius 1 is 1.03 bits per heavy atom. The summed E-state index contributed by atoms with van der Waals surface area (Å²) in [6.45, 7) is 5.89. The van der Waals surface area contributed by atoms with Gasteiger partial charge in [-0.2, -0.15) is 0 Å². The van der Waals surface area contributed by atoms with Crippen molar-refractivity contribution in [2.45, 2.75) is 58.7 Å². The van der Waals surface area contributed by atoms with Gasteiger partial charge in [0.2, 0.25) is 11.8 Å². The first-order valence-electron chi connectivity index (χ1n) is 10.9. The second-order valence-electron chi connectivity index (χ2n) is 8.03. The third kappa shape index (κ3) is 7.54. The standard InChI is InChI=1S/C25H32Cl2N2O4/c1-6-21(25(31)28-16(2)3)29(15-18-9-10-19(26)14-20(18)27)24(30)12-8-17-7-11-22(32-4)23(13-17)33-5/h7,9-11,13-14,16,21H,6,8,12,15H2,1-5H3,(H,28,31)/t21-/m0/s1. The quantitative estimate of drug-likeness (QED) is 0.461. The minimum absolute atomic E-state index is 0.0330. The van der Waals surface area contributed by atoms with Crippen molar-refractivity contribution in [2.75, 3.05) is 14.2 Å². The Labute approximate surface area is 206 Å². The molecular formula is C25H32Cl2N2O4. The van der Waals surface area contributed by atoms with E-state index in [0.717, 1.165) is 11.1 Å². The van der Waals surface area contributed by atoms with E-state index in [1.165, 1.54) is 0 Å². The lowest BCUT2D eigenvalue weighted by Gasteiger charge is -2.31. The maximum absolute atomic E-state index is 13.4. The zero-order valence-electron chi connectivity index (χ0n) is 19.8. The highest BCUT2D eigenvalue weighted by Crippen LogP contribution is 2.28. The van der Waals surface area contributed by atoms with Crippen LogP contribution in [0.2, 0.25) is 10.0 Å². The van der Waals surface area contributed by atoms with Gasteiger partial charge in [-0.05, 0) is 62.1 Å². The molecule has 33 heavy (non-hydrogen) atoms. The van der Waals surface area contributed by atoms with Crippen LogP contribution in [0.1, 0.15) is 44.7 Å². The first-order chi connectivity index (χ1) is 15.7. The molecule has 2 amide bonds. The maximum atomic E-state index is 13.4. The Balaban J connectivity index is 2.27. The average molecular weight is 495 g/mol. The number of halogens is 2. The number of nitrogens with one attached hydrogen (secondary N) is 1. The van der Waals surface area contributed by atoms with E-state index in [9.17, 15) is 9.59 Å². The molecule has 8 heteroatoms. The van der Waals surface area contributed by atoms with E-state index in [0.29, 0.717) is 34.4 Å². The highest BCUT2D eigenvalue weighted by molar-refractivity contribution is 6.35. The van der Waals surface area contributed by atoms with Crippen LogP contribution >= 0.6 is 23.2 Å². The van der Waals surface area contributed by atoms with Crippen molar-refractivity contribution in [2.24, 2.45) is 0 Å². The van der Waals surface area contributed by atoms with Gasteiger partial charge >= 0.3 is 0 Å². The first kappa shape index (κ1) is 26.8. The molecule has 0 heterocycles. The van der Waals surface area contributed by atoms with Gasteiger partial charge in [0.1, 0.15) is 6.04 Å². The third-order valence-electron chi connectivity index (χ3n) is 5.25. The summed E-state index contributed by atoms with van der Waals surface area (Å²) in [5.74, 6) is 0.914. The van der Waals surface area contributed by atoms with Gasteiger partial charge in [-0.1, -0.05) is 42.3 Å². The molecule has 0 radical (unpaired) electrons. The van der Waals surface area contributed by atoms with Crippen molar-refractivity contribution >= 4 is 35.0 Å². The zero-order chi connectivity index (χ0) is 24.5. The topological polar surface area (TPSA) is 67.9 Å². The van der Waals surface area contributed by atoms with Gasteiger partial charge in [0.25, 0.3) is 0 Å². The molecule has 0 aliphatic rings. The molecule has 0 bridgehead atoms. The molecule has 6 nitrogen and oxygen atoms in total. The fourth-order valence-corrected chi connectivity index (χ4v) is 4.03. The molecule has 0 aliphatic heterocycles. The van der Waals surface area contributed by atoms with Crippen molar-refractivity contribution in [3.05, 3.63) is 57.6 Å². The predicted molar refractivity (Wildman–Crippen MR) is 132 cm³/mol. The number of aryl methyl sites for hydroxylation is 1. The largest absolute Gasteiger partial charge is 0.493 e. The van der Waals surface area contributed by atoms with Gasteiger partial charge in [-0.15, -0.1) is 0 Å². The molecule has 1 atom stereocenters. The molecule has 0 saturated heterocycles. The molecule has 0 spiro atoms. The molecule has 0 fully saturated rings. The number of methoxy groups -OCH3 is 2. The zero-order valence-corrected chi connectivity index (χ0v) is 21.3.